The first-order valence-electron chi connectivity index (χ1n) is 5.46. The van der Waals surface area contributed by atoms with Gasteiger partial charge in [-0.2, -0.15) is 5.10 Å². The van der Waals surface area contributed by atoms with Gasteiger partial charge in [-0.05, 0) is 13.0 Å². The van der Waals surface area contributed by atoms with Gasteiger partial charge < -0.3 is 4.74 Å². The average molecular weight is 230 g/mol. The van der Waals surface area contributed by atoms with Crippen LogP contribution in [0, 0.1) is 6.92 Å². The number of carbonyl (C=O) groups is 1. The zero-order valence-electron chi connectivity index (χ0n) is 9.64. The molecule has 2 rings (SSSR count). The smallest absolute Gasteiger partial charge is 0.293 e. The van der Waals surface area contributed by atoms with Gasteiger partial charge in [-0.15, -0.1) is 0 Å². The Labute approximate surface area is 99.6 Å². The van der Waals surface area contributed by atoms with Crippen molar-refractivity contribution >= 4 is 6.47 Å². The zero-order chi connectivity index (χ0) is 12.1. The van der Waals surface area contributed by atoms with Crippen LogP contribution in [0.15, 0.2) is 30.3 Å². The van der Waals surface area contributed by atoms with E-state index in [0.29, 0.717) is 19.5 Å². The SMILES string of the molecule is Cc1ccc(-c2cc(CCOC=O)[nH]n2)cc1. The molecule has 17 heavy (non-hydrogen) atoms. The molecule has 1 heterocycles. The first-order valence-corrected chi connectivity index (χ1v) is 5.46. The standard InChI is InChI=1S/C13H14N2O2/c1-10-2-4-11(5-3-10)13-8-12(14-15-13)6-7-17-9-16/h2-5,8-9H,6-7H2,1H3,(H,14,15). The van der Waals surface area contributed by atoms with Crippen molar-refractivity contribution in [3.63, 3.8) is 0 Å². The molecule has 0 radical (unpaired) electrons. The first-order chi connectivity index (χ1) is 8.29. The third-order valence-electron chi connectivity index (χ3n) is 2.54. The van der Waals surface area contributed by atoms with Gasteiger partial charge in [-0.1, -0.05) is 29.8 Å². The molecule has 0 bridgehead atoms. The maximum atomic E-state index is 10.0. The lowest BCUT2D eigenvalue weighted by molar-refractivity contribution is -0.128. The highest BCUT2D eigenvalue weighted by Gasteiger charge is 2.03. The van der Waals surface area contributed by atoms with Gasteiger partial charge in [-0.25, -0.2) is 0 Å². The van der Waals surface area contributed by atoms with Gasteiger partial charge in [0.1, 0.15) is 0 Å². The minimum absolute atomic E-state index is 0.374. The lowest BCUT2D eigenvalue weighted by Gasteiger charge is -1.96. The Kier molecular flexibility index (Phi) is 3.55. The molecule has 1 N–H and O–H groups in total. The molecule has 88 valence electrons. The number of benzene rings is 1. The Morgan fingerprint density at radius 2 is 2.12 bits per heavy atom. The molecule has 0 amide bonds. The predicted molar refractivity (Wildman–Crippen MR) is 64.5 cm³/mol. The van der Waals surface area contributed by atoms with Gasteiger partial charge in [0.25, 0.3) is 6.47 Å². The maximum absolute atomic E-state index is 10.0. The Balaban J connectivity index is 2.07. The number of aryl methyl sites for hydroxylation is 1. The molecular formula is C13H14N2O2. The summed E-state index contributed by atoms with van der Waals surface area (Å²) in [5.74, 6) is 0. The summed E-state index contributed by atoms with van der Waals surface area (Å²) >= 11 is 0. The fraction of sp³-hybridized carbons (Fsp3) is 0.231. The van der Waals surface area contributed by atoms with E-state index in [-0.39, 0.29) is 0 Å². The molecule has 0 unspecified atom stereocenters. The second-order valence-corrected chi connectivity index (χ2v) is 3.86. The highest BCUT2D eigenvalue weighted by atomic mass is 16.5. The van der Waals surface area contributed by atoms with E-state index in [9.17, 15) is 4.79 Å². The number of rotatable bonds is 5. The maximum Gasteiger partial charge on any atom is 0.293 e. The van der Waals surface area contributed by atoms with Crippen LogP contribution in [0.5, 0.6) is 0 Å². The topological polar surface area (TPSA) is 55.0 Å². The number of nitrogens with one attached hydrogen (secondary N) is 1. The largest absolute Gasteiger partial charge is 0.467 e. The molecule has 0 spiro atoms. The number of carbonyl (C=O) groups excluding carboxylic acids is 1. The van der Waals surface area contributed by atoms with Crippen LogP contribution < -0.4 is 0 Å². The molecule has 0 aliphatic heterocycles. The van der Waals surface area contributed by atoms with Gasteiger partial charge in [0, 0.05) is 17.7 Å². The van der Waals surface area contributed by atoms with E-state index >= 15 is 0 Å². The summed E-state index contributed by atoms with van der Waals surface area (Å²) in [6.45, 7) is 2.88. The first kappa shape index (κ1) is 11.4. The summed E-state index contributed by atoms with van der Waals surface area (Å²) in [7, 11) is 0. The molecule has 4 heteroatoms. The van der Waals surface area contributed by atoms with Crippen molar-refractivity contribution < 1.29 is 9.53 Å². The van der Waals surface area contributed by atoms with E-state index in [1.165, 1.54) is 5.56 Å². The summed E-state index contributed by atoms with van der Waals surface area (Å²) in [5, 5.41) is 7.16. The minimum Gasteiger partial charge on any atom is -0.467 e. The summed E-state index contributed by atoms with van der Waals surface area (Å²) in [6.07, 6.45) is 0.650. The number of hydrogen-bond donors (Lipinski definition) is 1. The zero-order valence-corrected chi connectivity index (χ0v) is 9.64. The van der Waals surface area contributed by atoms with E-state index in [4.69, 9.17) is 0 Å². The number of hydrogen-bond acceptors (Lipinski definition) is 3. The van der Waals surface area contributed by atoms with E-state index in [2.05, 4.69) is 34.0 Å². The highest BCUT2D eigenvalue weighted by Crippen LogP contribution is 2.18. The van der Waals surface area contributed by atoms with E-state index in [1.54, 1.807) is 0 Å². The fourth-order valence-electron chi connectivity index (χ4n) is 1.58. The van der Waals surface area contributed by atoms with Crippen molar-refractivity contribution in [2.45, 2.75) is 13.3 Å². The number of ether oxygens (including phenoxy) is 1. The van der Waals surface area contributed by atoms with Crippen molar-refractivity contribution in [1.82, 2.24) is 10.2 Å². The Morgan fingerprint density at radius 3 is 2.82 bits per heavy atom. The molecule has 0 aliphatic carbocycles. The molecule has 4 nitrogen and oxygen atoms in total. The number of H-pyrrole nitrogens is 1. The number of aromatic amines is 1. The lowest BCUT2D eigenvalue weighted by Crippen LogP contribution is -1.96. The van der Waals surface area contributed by atoms with Gasteiger partial charge in [0.15, 0.2) is 0 Å². The van der Waals surface area contributed by atoms with E-state index in [0.717, 1.165) is 17.0 Å². The van der Waals surface area contributed by atoms with Crippen LogP contribution in [0.4, 0.5) is 0 Å². The van der Waals surface area contributed by atoms with Crippen molar-refractivity contribution in [3.05, 3.63) is 41.6 Å². The Hall–Kier alpha value is -2.10. The van der Waals surface area contributed by atoms with Crippen LogP contribution >= 0.6 is 0 Å². The van der Waals surface area contributed by atoms with Crippen molar-refractivity contribution in [2.75, 3.05) is 6.61 Å². The predicted octanol–water partition coefficient (Wildman–Crippen LogP) is 2.10. The highest BCUT2D eigenvalue weighted by molar-refractivity contribution is 5.59. The van der Waals surface area contributed by atoms with Crippen molar-refractivity contribution in [2.24, 2.45) is 0 Å². The van der Waals surface area contributed by atoms with Crippen LogP contribution in [0.2, 0.25) is 0 Å². The van der Waals surface area contributed by atoms with E-state index in [1.807, 2.05) is 18.2 Å². The summed E-state index contributed by atoms with van der Waals surface area (Å²) in [6, 6.07) is 10.2. The fourth-order valence-corrected chi connectivity index (χ4v) is 1.58. The summed E-state index contributed by atoms with van der Waals surface area (Å²) < 4.78 is 4.64. The van der Waals surface area contributed by atoms with E-state index < -0.39 is 0 Å². The number of nitrogens with zero attached hydrogens (tertiary/aromatic N) is 1. The molecule has 0 fully saturated rings. The lowest BCUT2D eigenvalue weighted by atomic mass is 10.1. The van der Waals surface area contributed by atoms with Crippen LogP contribution in [-0.2, 0) is 16.0 Å². The monoisotopic (exact) mass is 230 g/mol. The second-order valence-electron chi connectivity index (χ2n) is 3.86. The third kappa shape index (κ3) is 2.93. The van der Waals surface area contributed by atoms with Crippen LogP contribution in [0.25, 0.3) is 11.3 Å². The molecule has 0 saturated heterocycles. The number of aromatic nitrogens is 2. The third-order valence-corrected chi connectivity index (χ3v) is 2.54. The van der Waals surface area contributed by atoms with Gasteiger partial charge >= 0.3 is 0 Å². The second kappa shape index (κ2) is 5.30. The van der Waals surface area contributed by atoms with Crippen molar-refractivity contribution in [1.29, 1.82) is 0 Å². The molecule has 0 atom stereocenters. The molecule has 1 aromatic carbocycles. The molecule has 1 aromatic heterocycles. The minimum atomic E-state index is 0.374. The van der Waals surface area contributed by atoms with Crippen LogP contribution in [0.3, 0.4) is 0 Å². The van der Waals surface area contributed by atoms with Crippen molar-refractivity contribution in [3.8, 4) is 11.3 Å². The quantitative estimate of drug-likeness (QED) is 0.632. The summed E-state index contributed by atoms with van der Waals surface area (Å²) in [5.41, 5.74) is 4.17. The molecule has 2 aromatic rings. The molecule has 0 saturated carbocycles. The molecule has 0 aliphatic rings. The average Bonchev–Trinajstić information content (AvgIpc) is 2.79. The van der Waals surface area contributed by atoms with Gasteiger partial charge in [0.2, 0.25) is 0 Å². The normalized spacial score (nSPS) is 10.2. The van der Waals surface area contributed by atoms with Crippen LogP contribution in [0.1, 0.15) is 11.3 Å². The van der Waals surface area contributed by atoms with Crippen LogP contribution in [-0.4, -0.2) is 23.3 Å². The van der Waals surface area contributed by atoms with Gasteiger partial charge in [0.05, 0.1) is 12.3 Å². The molecular weight excluding hydrogens is 216 g/mol. The summed E-state index contributed by atoms with van der Waals surface area (Å²) in [4.78, 5) is 10.0. The Morgan fingerprint density at radius 1 is 1.35 bits per heavy atom. The van der Waals surface area contributed by atoms with Gasteiger partial charge in [-0.3, -0.25) is 9.89 Å². The Bertz CT molecular complexity index is 488.